The minimum Gasteiger partial charge on any atom is -0.366 e. The summed E-state index contributed by atoms with van der Waals surface area (Å²) in [5.41, 5.74) is 1.44. The third-order valence-corrected chi connectivity index (χ3v) is 3.08. The van der Waals surface area contributed by atoms with Gasteiger partial charge in [-0.25, -0.2) is 4.98 Å². The molecule has 0 aromatic carbocycles. The second kappa shape index (κ2) is 2.22. The zero-order valence-electron chi connectivity index (χ0n) is 6.96. The van der Waals surface area contributed by atoms with Crippen molar-refractivity contribution < 1.29 is 0 Å². The SMILES string of the molecule is c1cnc2c(c1)C1CCCC1N2. The summed E-state index contributed by atoms with van der Waals surface area (Å²) in [5.74, 6) is 1.89. The van der Waals surface area contributed by atoms with Crippen LogP contribution < -0.4 is 5.32 Å². The molecular weight excluding hydrogens is 148 g/mol. The average molecular weight is 160 g/mol. The van der Waals surface area contributed by atoms with E-state index in [0.717, 1.165) is 11.7 Å². The number of aromatic nitrogens is 1. The van der Waals surface area contributed by atoms with E-state index in [-0.39, 0.29) is 0 Å². The van der Waals surface area contributed by atoms with E-state index >= 15 is 0 Å². The molecule has 62 valence electrons. The maximum absolute atomic E-state index is 4.33. The first-order valence-electron chi connectivity index (χ1n) is 4.66. The molecule has 1 fully saturated rings. The van der Waals surface area contributed by atoms with E-state index < -0.39 is 0 Å². The van der Waals surface area contributed by atoms with Crippen molar-refractivity contribution in [1.82, 2.24) is 4.98 Å². The molecule has 0 saturated heterocycles. The molecule has 1 N–H and O–H groups in total. The Balaban J connectivity index is 2.09. The van der Waals surface area contributed by atoms with Gasteiger partial charge in [0.2, 0.25) is 0 Å². The summed E-state index contributed by atoms with van der Waals surface area (Å²) in [6, 6.07) is 4.95. The lowest BCUT2D eigenvalue weighted by molar-refractivity contribution is 0.689. The number of hydrogen-bond acceptors (Lipinski definition) is 2. The van der Waals surface area contributed by atoms with Gasteiger partial charge in [-0.1, -0.05) is 12.5 Å². The van der Waals surface area contributed by atoms with Crippen LogP contribution in [0, 0.1) is 0 Å². The number of fused-ring (bicyclic) bond motifs is 3. The highest BCUT2D eigenvalue weighted by Crippen LogP contribution is 2.43. The van der Waals surface area contributed by atoms with E-state index in [9.17, 15) is 0 Å². The van der Waals surface area contributed by atoms with Crippen LogP contribution in [0.1, 0.15) is 30.7 Å². The topological polar surface area (TPSA) is 24.9 Å². The summed E-state index contributed by atoms with van der Waals surface area (Å²) in [5, 5.41) is 3.49. The van der Waals surface area contributed by atoms with E-state index in [0.29, 0.717) is 6.04 Å². The summed E-state index contributed by atoms with van der Waals surface area (Å²) in [6.45, 7) is 0. The first kappa shape index (κ1) is 6.46. The fourth-order valence-electron chi connectivity index (χ4n) is 2.52. The van der Waals surface area contributed by atoms with Gasteiger partial charge in [-0.15, -0.1) is 0 Å². The van der Waals surface area contributed by atoms with Gasteiger partial charge < -0.3 is 5.32 Å². The van der Waals surface area contributed by atoms with Crippen molar-refractivity contribution in [2.24, 2.45) is 0 Å². The Bertz CT molecular complexity index is 308. The lowest BCUT2D eigenvalue weighted by atomic mass is 9.99. The van der Waals surface area contributed by atoms with Crippen LogP contribution >= 0.6 is 0 Å². The number of nitrogens with one attached hydrogen (secondary N) is 1. The fourth-order valence-corrected chi connectivity index (χ4v) is 2.52. The Morgan fingerprint density at radius 2 is 2.42 bits per heavy atom. The molecule has 2 unspecified atom stereocenters. The Morgan fingerprint density at radius 1 is 1.42 bits per heavy atom. The van der Waals surface area contributed by atoms with E-state index in [4.69, 9.17) is 0 Å². The van der Waals surface area contributed by atoms with Crippen molar-refractivity contribution in [2.75, 3.05) is 5.32 Å². The van der Waals surface area contributed by atoms with Crippen LogP contribution in [0.5, 0.6) is 0 Å². The van der Waals surface area contributed by atoms with E-state index in [1.807, 2.05) is 12.3 Å². The van der Waals surface area contributed by atoms with Gasteiger partial charge in [-0.3, -0.25) is 0 Å². The average Bonchev–Trinajstić information content (AvgIpc) is 2.62. The van der Waals surface area contributed by atoms with Crippen molar-refractivity contribution in [1.29, 1.82) is 0 Å². The fraction of sp³-hybridized carbons (Fsp3) is 0.500. The Morgan fingerprint density at radius 3 is 3.42 bits per heavy atom. The zero-order valence-corrected chi connectivity index (χ0v) is 6.96. The molecule has 12 heavy (non-hydrogen) atoms. The molecule has 1 aliphatic heterocycles. The summed E-state index contributed by atoms with van der Waals surface area (Å²) in [4.78, 5) is 4.33. The normalized spacial score (nSPS) is 31.0. The zero-order chi connectivity index (χ0) is 7.97. The predicted octanol–water partition coefficient (Wildman–Crippen LogP) is 2.14. The van der Waals surface area contributed by atoms with Gasteiger partial charge in [0, 0.05) is 18.2 Å². The van der Waals surface area contributed by atoms with Gasteiger partial charge in [0.05, 0.1) is 0 Å². The second-order valence-corrected chi connectivity index (χ2v) is 3.73. The van der Waals surface area contributed by atoms with Crippen LogP contribution in [0.2, 0.25) is 0 Å². The maximum atomic E-state index is 4.33. The third kappa shape index (κ3) is 0.724. The molecule has 0 bridgehead atoms. The molecule has 0 spiro atoms. The first-order valence-corrected chi connectivity index (χ1v) is 4.66. The van der Waals surface area contributed by atoms with Crippen LogP contribution in [-0.2, 0) is 0 Å². The molecule has 2 aliphatic rings. The van der Waals surface area contributed by atoms with Gasteiger partial charge in [0.25, 0.3) is 0 Å². The summed E-state index contributed by atoms with van der Waals surface area (Å²) >= 11 is 0. The number of hydrogen-bond donors (Lipinski definition) is 1. The van der Waals surface area contributed by atoms with Gasteiger partial charge in [0.15, 0.2) is 0 Å². The van der Waals surface area contributed by atoms with Crippen molar-refractivity contribution >= 4 is 5.82 Å². The molecule has 1 aromatic heterocycles. The maximum Gasteiger partial charge on any atom is 0.129 e. The first-order chi connectivity index (χ1) is 5.95. The second-order valence-electron chi connectivity index (χ2n) is 3.73. The molecule has 0 radical (unpaired) electrons. The van der Waals surface area contributed by atoms with Crippen molar-refractivity contribution in [3.8, 4) is 0 Å². The molecule has 2 atom stereocenters. The van der Waals surface area contributed by atoms with Gasteiger partial charge in [-0.05, 0) is 24.5 Å². The minimum absolute atomic E-state index is 0.690. The van der Waals surface area contributed by atoms with Crippen LogP contribution in [0.3, 0.4) is 0 Å². The smallest absolute Gasteiger partial charge is 0.129 e. The van der Waals surface area contributed by atoms with Crippen molar-refractivity contribution in [3.05, 3.63) is 23.9 Å². The van der Waals surface area contributed by atoms with Gasteiger partial charge in [-0.2, -0.15) is 0 Å². The van der Waals surface area contributed by atoms with Crippen molar-refractivity contribution in [2.45, 2.75) is 31.2 Å². The highest BCUT2D eigenvalue weighted by Gasteiger charge is 2.35. The number of nitrogens with zero attached hydrogens (tertiary/aromatic N) is 1. The molecule has 1 saturated carbocycles. The molecule has 0 amide bonds. The molecule has 2 heteroatoms. The minimum atomic E-state index is 0.690. The highest BCUT2D eigenvalue weighted by atomic mass is 15.1. The summed E-state index contributed by atoms with van der Waals surface area (Å²) in [6.07, 6.45) is 5.90. The number of anilines is 1. The van der Waals surface area contributed by atoms with E-state index in [1.165, 1.54) is 24.8 Å². The van der Waals surface area contributed by atoms with Crippen LogP contribution in [-0.4, -0.2) is 11.0 Å². The molecule has 3 rings (SSSR count). The molecule has 2 nitrogen and oxygen atoms in total. The molecule has 1 aliphatic carbocycles. The lowest BCUT2D eigenvalue weighted by Crippen LogP contribution is -2.13. The van der Waals surface area contributed by atoms with E-state index in [2.05, 4.69) is 16.4 Å². The largest absolute Gasteiger partial charge is 0.366 e. The quantitative estimate of drug-likeness (QED) is 0.629. The Hall–Kier alpha value is -1.05. The van der Waals surface area contributed by atoms with Crippen molar-refractivity contribution in [3.63, 3.8) is 0 Å². The van der Waals surface area contributed by atoms with Gasteiger partial charge in [0.1, 0.15) is 5.82 Å². The number of pyridine rings is 1. The summed E-state index contributed by atoms with van der Waals surface area (Å²) in [7, 11) is 0. The standard InChI is InChI=1S/C10H12N2/c1-3-7-8-4-2-6-11-10(8)12-9(7)5-1/h2,4,6-7,9H,1,3,5H2,(H,11,12). The Kier molecular flexibility index (Phi) is 1.20. The lowest BCUT2D eigenvalue weighted by Gasteiger charge is -2.07. The molecule has 2 heterocycles. The predicted molar refractivity (Wildman–Crippen MR) is 48.2 cm³/mol. The van der Waals surface area contributed by atoms with Crippen LogP contribution in [0.25, 0.3) is 0 Å². The summed E-state index contributed by atoms with van der Waals surface area (Å²) < 4.78 is 0. The van der Waals surface area contributed by atoms with Crippen LogP contribution in [0.15, 0.2) is 18.3 Å². The monoisotopic (exact) mass is 160 g/mol. The molecule has 1 aromatic rings. The highest BCUT2D eigenvalue weighted by molar-refractivity contribution is 5.54. The van der Waals surface area contributed by atoms with Gasteiger partial charge >= 0.3 is 0 Å². The van der Waals surface area contributed by atoms with Crippen LogP contribution in [0.4, 0.5) is 5.82 Å². The molecular formula is C10H12N2. The Labute approximate surface area is 72.0 Å². The van der Waals surface area contributed by atoms with E-state index in [1.54, 1.807) is 0 Å². The number of rotatable bonds is 0. The third-order valence-electron chi connectivity index (χ3n) is 3.08.